The highest BCUT2D eigenvalue weighted by atomic mass is 35.5. The summed E-state index contributed by atoms with van der Waals surface area (Å²) in [5.74, 6) is 0. The van der Waals surface area contributed by atoms with Crippen molar-refractivity contribution in [2.24, 2.45) is 0 Å². The maximum atomic E-state index is 6.18. The largest absolute Gasteiger partial charge is 0.331 e. The Bertz CT molecular complexity index is 462. The Morgan fingerprint density at radius 1 is 1.31 bits per heavy atom. The number of halogens is 1. The summed E-state index contributed by atoms with van der Waals surface area (Å²) in [6, 6.07) is 7.88. The number of benzene rings is 1. The van der Waals surface area contributed by atoms with E-state index in [1.165, 1.54) is 6.42 Å². The molecule has 3 heteroatoms. The predicted octanol–water partition coefficient (Wildman–Crippen LogP) is 4.00. The summed E-state index contributed by atoms with van der Waals surface area (Å²) >= 11 is 6.18. The van der Waals surface area contributed by atoms with Gasteiger partial charge in [-0.15, -0.1) is 0 Å². The molecule has 0 N–H and O–H groups in total. The second kappa shape index (κ2) is 5.17. The molecule has 16 heavy (non-hydrogen) atoms. The minimum atomic E-state index is 0.778. The zero-order valence-electron chi connectivity index (χ0n) is 9.36. The SMILES string of the molecule is CCCCn1cncc1-c1ccccc1Cl. The third kappa shape index (κ3) is 2.27. The molecule has 1 aromatic heterocycles. The van der Waals surface area contributed by atoms with E-state index in [0.717, 1.165) is 29.2 Å². The standard InChI is InChI=1S/C13H15ClN2/c1-2-3-8-16-10-15-9-13(16)11-6-4-5-7-12(11)14/h4-7,9-10H,2-3,8H2,1H3. The lowest BCUT2D eigenvalue weighted by atomic mass is 10.1. The van der Waals surface area contributed by atoms with Crippen LogP contribution in [0.25, 0.3) is 11.3 Å². The Morgan fingerprint density at radius 3 is 2.88 bits per heavy atom. The molecular weight excluding hydrogens is 220 g/mol. The molecule has 0 aliphatic heterocycles. The zero-order chi connectivity index (χ0) is 11.4. The Morgan fingerprint density at radius 2 is 2.12 bits per heavy atom. The van der Waals surface area contributed by atoms with E-state index in [-0.39, 0.29) is 0 Å². The summed E-state index contributed by atoms with van der Waals surface area (Å²) in [5.41, 5.74) is 2.15. The second-order valence-electron chi connectivity index (χ2n) is 3.81. The van der Waals surface area contributed by atoms with E-state index < -0.39 is 0 Å². The lowest BCUT2D eigenvalue weighted by molar-refractivity contribution is 0.636. The fraction of sp³-hybridized carbons (Fsp3) is 0.308. The number of aryl methyl sites for hydroxylation is 1. The van der Waals surface area contributed by atoms with E-state index in [1.54, 1.807) is 0 Å². The van der Waals surface area contributed by atoms with Gasteiger partial charge in [0.05, 0.1) is 18.2 Å². The van der Waals surface area contributed by atoms with E-state index in [0.29, 0.717) is 0 Å². The summed E-state index contributed by atoms with van der Waals surface area (Å²) < 4.78 is 2.16. The van der Waals surface area contributed by atoms with Crippen LogP contribution < -0.4 is 0 Å². The number of nitrogens with zero attached hydrogens (tertiary/aromatic N) is 2. The van der Waals surface area contributed by atoms with Crippen LogP contribution in [0.3, 0.4) is 0 Å². The minimum absolute atomic E-state index is 0.778. The average Bonchev–Trinajstić information content (AvgIpc) is 2.75. The first-order valence-electron chi connectivity index (χ1n) is 5.58. The molecule has 0 atom stereocenters. The zero-order valence-corrected chi connectivity index (χ0v) is 10.1. The molecule has 2 nitrogen and oxygen atoms in total. The smallest absolute Gasteiger partial charge is 0.0950 e. The first-order valence-corrected chi connectivity index (χ1v) is 5.95. The van der Waals surface area contributed by atoms with Crippen LogP contribution >= 0.6 is 11.6 Å². The van der Waals surface area contributed by atoms with Gasteiger partial charge in [-0.3, -0.25) is 0 Å². The number of hydrogen-bond donors (Lipinski definition) is 0. The van der Waals surface area contributed by atoms with Crippen molar-refractivity contribution in [3.05, 3.63) is 41.8 Å². The van der Waals surface area contributed by atoms with Crippen molar-refractivity contribution in [1.29, 1.82) is 0 Å². The van der Waals surface area contributed by atoms with Gasteiger partial charge in [0.25, 0.3) is 0 Å². The van der Waals surface area contributed by atoms with Gasteiger partial charge in [0.2, 0.25) is 0 Å². The molecule has 0 aliphatic carbocycles. The summed E-state index contributed by atoms with van der Waals surface area (Å²) in [7, 11) is 0. The summed E-state index contributed by atoms with van der Waals surface area (Å²) in [5, 5.41) is 0.778. The molecule has 0 spiro atoms. The highest BCUT2D eigenvalue weighted by Gasteiger charge is 2.07. The Hall–Kier alpha value is -1.28. The van der Waals surface area contributed by atoms with Crippen molar-refractivity contribution in [3.8, 4) is 11.3 Å². The van der Waals surface area contributed by atoms with E-state index in [4.69, 9.17) is 11.6 Å². The fourth-order valence-corrected chi connectivity index (χ4v) is 1.95. The highest BCUT2D eigenvalue weighted by Crippen LogP contribution is 2.27. The second-order valence-corrected chi connectivity index (χ2v) is 4.21. The van der Waals surface area contributed by atoms with Gasteiger partial charge in [-0.1, -0.05) is 43.1 Å². The van der Waals surface area contributed by atoms with Gasteiger partial charge in [0, 0.05) is 17.1 Å². The van der Waals surface area contributed by atoms with E-state index in [1.807, 2.05) is 36.8 Å². The number of unbranched alkanes of at least 4 members (excludes halogenated alkanes) is 1. The van der Waals surface area contributed by atoms with Gasteiger partial charge in [-0.05, 0) is 12.5 Å². The van der Waals surface area contributed by atoms with Gasteiger partial charge in [0.1, 0.15) is 0 Å². The quantitative estimate of drug-likeness (QED) is 0.782. The van der Waals surface area contributed by atoms with Gasteiger partial charge in [-0.25, -0.2) is 4.98 Å². The Kier molecular flexibility index (Phi) is 3.62. The van der Waals surface area contributed by atoms with Crippen molar-refractivity contribution in [1.82, 2.24) is 9.55 Å². The molecule has 0 fully saturated rings. The monoisotopic (exact) mass is 234 g/mol. The third-order valence-corrected chi connectivity index (χ3v) is 2.94. The third-order valence-electron chi connectivity index (χ3n) is 2.61. The van der Waals surface area contributed by atoms with Crippen LogP contribution in [0.5, 0.6) is 0 Å². The Balaban J connectivity index is 2.33. The van der Waals surface area contributed by atoms with Crippen molar-refractivity contribution in [2.75, 3.05) is 0 Å². The topological polar surface area (TPSA) is 17.8 Å². The number of hydrogen-bond acceptors (Lipinski definition) is 1. The van der Waals surface area contributed by atoms with Crippen molar-refractivity contribution in [3.63, 3.8) is 0 Å². The van der Waals surface area contributed by atoms with Gasteiger partial charge < -0.3 is 4.57 Å². The van der Waals surface area contributed by atoms with Crippen LogP contribution in [-0.4, -0.2) is 9.55 Å². The van der Waals surface area contributed by atoms with Crippen molar-refractivity contribution >= 4 is 11.6 Å². The normalized spacial score (nSPS) is 10.6. The van der Waals surface area contributed by atoms with Crippen LogP contribution in [-0.2, 0) is 6.54 Å². The predicted molar refractivity (Wildman–Crippen MR) is 67.6 cm³/mol. The van der Waals surface area contributed by atoms with Gasteiger partial charge in [-0.2, -0.15) is 0 Å². The van der Waals surface area contributed by atoms with Gasteiger partial charge in [0.15, 0.2) is 0 Å². The summed E-state index contributed by atoms with van der Waals surface area (Å²) in [6.45, 7) is 3.18. The van der Waals surface area contributed by atoms with Crippen LogP contribution in [0.2, 0.25) is 5.02 Å². The maximum absolute atomic E-state index is 6.18. The first kappa shape index (κ1) is 11.2. The number of imidazole rings is 1. The molecule has 0 unspecified atom stereocenters. The molecule has 0 amide bonds. The Labute approximate surface area is 101 Å². The van der Waals surface area contributed by atoms with E-state index in [9.17, 15) is 0 Å². The van der Waals surface area contributed by atoms with Crippen molar-refractivity contribution < 1.29 is 0 Å². The molecule has 0 saturated carbocycles. The van der Waals surface area contributed by atoms with Crippen molar-refractivity contribution in [2.45, 2.75) is 26.3 Å². The van der Waals surface area contributed by atoms with Crippen LogP contribution in [0, 0.1) is 0 Å². The maximum Gasteiger partial charge on any atom is 0.0950 e. The molecule has 1 heterocycles. The van der Waals surface area contributed by atoms with Crippen LogP contribution in [0.4, 0.5) is 0 Å². The molecule has 0 radical (unpaired) electrons. The molecule has 2 aromatic rings. The summed E-state index contributed by atoms with van der Waals surface area (Å²) in [6.07, 6.45) is 6.08. The van der Waals surface area contributed by atoms with E-state index in [2.05, 4.69) is 16.5 Å². The van der Waals surface area contributed by atoms with Crippen LogP contribution in [0.1, 0.15) is 19.8 Å². The average molecular weight is 235 g/mol. The molecule has 0 aliphatic rings. The molecule has 0 saturated heterocycles. The molecular formula is C13H15ClN2. The highest BCUT2D eigenvalue weighted by molar-refractivity contribution is 6.33. The lowest BCUT2D eigenvalue weighted by Gasteiger charge is -2.08. The van der Waals surface area contributed by atoms with Crippen LogP contribution in [0.15, 0.2) is 36.8 Å². The first-order chi connectivity index (χ1) is 7.83. The number of aromatic nitrogens is 2. The molecule has 0 bridgehead atoms. The van der Waals surface area contributed by atoms with Gasteiger partial charge >= 0.3 is 0 Å². The minimum Gasteiger partial charge on any atom is -0.331 e. The fourth-order valence-electron chi connectivity index (χ4n) is 1.72. The number of rotatable bonds is 4. The lowest BCUT2D eigenvalue weighted by Crippen LogP contribution is -1.98. The summed E-state index contributed by atoms with van der Waals surface area (Å²) in [4.78, 5) is 4.20. The molecule has 1 aromatic carbocycles. The molecule has 2 rings (SSSR count). The van der Waals surface area contributed by atoms with E-state index >= 15 is 0 Å². The molecule has 84 valence electrons.